The lowest BCUT2D eigenvalue weighted by atomic mass is 9.90. The zero-order valence-corrected chi connectivity index (χ0v) is 15.1. The monoisotopic (exact) mass is 351 g/mol. The standard InChI is InChI=1S/C20H21N3OS/c1-23-6-4-14(5-7-23)19(24)10-18-9-17-8-15(20-12-21-13-25-20)2-3-16(17)11-22-18/h2-3,8-9,11-14H,4-7,10H2,1H3. The van der Waals surface area contributed by atoms with Crippen molar-refractivity contribution in [2.45, 2.75) is 19.3 Å². The third kappa shape index (κ3) is 3.62. The van der Waals surface area contributed by atoms with Crippen LogP contribution in [-0.4, -0.2) is 40.8 Å². The van der Waals surface area contributed by atoms with Gasteiger partial charge in [0.1, 0.15) is 5.78 Å². The summed E-state index contributed by atoms with van der Waals surface area (Å²) in [7, 11) is 2.12. The molecule has 0 amide bonds. The molecule has 1 fully saturated rings. The minimum atomic E-state index is 0.192. The van der Waals surface area contributed by atoms with Crippen LogP contribution in [0.25, 0.3) is 21.2 Å². The Hall–Kier alpha value is -2.11. The molecule has 1 aliphatic heterocycles. The number of hydrogen-bond donors (Lipinski definition) is 0. The Morgan fingerprint density at radius 2 is 2.04 bits per heavy atom. The molecule has 4 nitrogen and oxygen atoms in total. The molecular formula is C20H21N3OS. The number of pyridine rings is 1. The summed E-state index contributed by atoms with van der Waals surface area (Å²) in [6, 6.07) is 8.40. The molecule has 0 atom stereocenters. The second-order valence-electron chi connectivity index (χ2n) is 6.82. The lowest BCUT2D eigenvalue weighted by Gasteiger charge is -2.27. The van der Waals surface area contributed by atoms with E-state index in [-0.39, 0.29) is 5.92 Å². The number of thiazole rings is 1. The van der Waals surface area contributed by atoms with Crippen LogP contribution in [0.2, 0.25) is 0 Å². The maximum atomic E-state index is 12.6. The minimum absolute atomic E-state index is 0.192. The Kier molecular flexibility index (Phi) is 4.59. The number of likely N-dealkylation sites (tertiary alicyclic amines) is 1. The van der Waals surface area contributed by atoms with Gasteiger partial charge in [-0.15, -0.1) is 11.3 Å². The number of rotatable bonds is 4. The average molecular weight is 351 g/mol. The SMILES string of the molecule is CN1CCC(C(=O)Cc2cc3cc(-c4cncs4)ccc3cn2)CC1. The fourth-order valence-corrected chi connectivity index (χ4v) is 4.07. The highest BCUT2D eigenvalue weighted by atomic mass is 32.1. The van der Waals surface area contributed by atoms with E-state index >= 15 is 0 Å². The smallest absolute Gasteiger partial charge is 0.142 e. The van der Waals surface area contributed by atoms with Gasteiger partial charge in [-0.2, -0.15) is 0 Å². The molecule has 0 aliphatic carbocycles. The van der Waals surface area contributed by atoms with E-state index in [9.17, 15) is 4.79 Å². The van der Waals surface area contributed by atoms with E-state index in [1.165, 1.54) is 0 Å². The fourth-order valence-electron chi connectivity index (χ4n) is 3.45. The van der Waals surface area contributed by atoms with Gasteiger partial charge in [0.2, 0.25) is 0 Å². The zero-order chi connectivity index (χ0) is 17.2. The van der Waals surface area contributed by atoms with Gasteiger partial charge in [-0.25, -0.2) is 0 Å². The third-order valence-corrected chi connectivity index (χ3v) is 5.85. The summed E-state index contributed by atoms with van der Waals surface area (Å²) < 4.78 is 0. The van der Waals surface area contributed by atoms with Crippen LogP contribution in [0.4, 0.5) is 0 Å². The van der Waals surface area contributed by atoms with Gasteiger partial charge in [0.05, 0.1) is 10.4 Å². The normalized spacial score (nSPS) is 16.4. The van der Waals surface area contributed by atoms with Crippen LogP contribution in [0.15, 0.2) is 42.2 Å². The summed E-state index contributed by atoms with van der Waals surface area (Å²) in [6.45, 7) is 2.03. The van der Waals surface area contributed by atoms with E-state index in [4.69, 9.17) is 0 Å². The molecule has 0 bridgehead atoms. The summed E-state index contributed by atoms with van der Waals surface area (Å²) >= 11 is 1.63. The summed E-state index contributed by atoms with van der Waals surface area (Å²) in [5.41, 5.74) is 3.88. The van der Waals surface area contributed by atoms with Crippen molar-refractivity contribution in [1.29, 1.82) is 0 Å². The van der Waals surface area contributed by atoms with Crippen molar-refractivity contribution < 1.29 is 4.79 Å². The van der Waals surface area contributed by atoms with Crippen LogP contribution in [0.3, 0.4) is 0 Å². The van der Waals surface area contributed by atoms with Gasteiger partial charge in [-0.3, -0.25) is 14.8 Å². The molecule has 3 heterocycles. The number of carbonyl (C=O) groups is 1. The second-order valence-corrected chi connectivity index (χ2v) is 7.71. The van der Waals surface area contributed by atoms with Crippen molar-refractivity contribution >= 4 is 27.9 Å². The number of Topliss-reactive ketones (excluding diaryl/α,β-unsaturated/α-hetero) is 1. The number of aromatic nitrogens is 2. The van der Waals surface area contributed by atoms with Gasteiger partial charge in [0.15, 0.2) is 0 Å². The Labute approximate surface area is 151 Å². The maximum Gasteiger partial charge on any atom is 0.142 e. The van der Waals surface area contributed by atoms with Gasteiger partial charge in [-0.05, 0) is 56.1 Å². The molecule has 128 valence electrons. The van der Waals surface area contributed by atoms with E-state index in [0.29, 0.717) is 12.2 Å². The van der Waals surface area contributed by atoms with Gasteiger partial charge in [-0.1, -0.05) is 12.1 Å². The van der Waals surface area contributed by atoms with Crippen LogP contribution in [0, 0.1) is 5.92 Å². The van der Waals surface area contributed by atoms with E-state index in [2.05, 4.69) is 46.2 Å². The molecule has 1 aliphatic rings. The van der Waals surface area contributed by atoms with Crippen molar-refractivity contribution in [3.63, 3.8) is 0 Å². The Morgan fingerprint density at radius 1 is 1.20 bits per heavy atom. The average Bonchev–Trinajstić information content (AvgIpc) is 3.16. The first kappa shape index (κ1) is 16.4. The van der Waals surface area contributed by atoms with Crippen molar-refractivity contribution in [2.75, 3.05) is 20.1 Å². The number of ketones is 1. The Bertz CT molecular complexity index is 883. The highest BCUT2D eigenvalue weighted by Crippen LogP contribution is 2.27. The molecule has 5 heteroatoms. The first-order valence-electron chi connectivity index (χ1n) is 8.68. The molecule has 0 saturated carbocycles. The molecule has 0 N–H and O–H groups in total. The highest BCUT2D eigenvalue weighted by Gasteiger charge is 2.23. The van der Waals surface area contributed by atoms with E-state index < -0.39 is 0 Å². The summed E-state index contributed by atoms with van der Waals surface area (Å²) in [5, 5.41) is 2.23. The van der Waals surface area contributed by atoms with Crippen LogP contribution < -0.4 is 0 Å². The summed E-state index contributed by atoms with van der Waals surface area (Å²) in [4.78, 5) is 24.7. The molecule has 2 aromatic heterocycles. The fraction of sp³-hybridized carbons (Fsp3) is 0.350. The van der Waals surface area contributed by atoms with Gasteiger partial charge >= 0.3 is 0 Å². The number of piperidine rings is 1. The highest BCUT2D eigenvalue weighted by molar-refractivity contribution is 7.13. The molecule has 3 aromatic rings. The van der Waals surface area contributed by atoms with E-state index in [1.54, 1.807) is 11.3 Å². The molecule has 0 radical (unpaired) electrons. The first-order chi connectivity index (χ1) is 12.2. The summed E-state index contributed by atoms with van der Waals surface area (Å²) in [6.07, 6.45) is 6.15. The summed E-state index contributed by atoms with van der Waals surface area (Å²) in [5.74, 6) is 0.524. The van der Waals surface area contributed by atoms with E-state index in [1.807, 2.05) is 17.9 Å². The molecule has 0 spiro atoms. The first-order valence-corrected chi connectivity index (χ1v) is 9.56. The molecule has 4 rings (SSSR count). The predicted octanol–water partition coefficient (Wildman–Crippen LogP) is 3.81. The van der Waals surface area contributed by atoms with Gasteiger partial charge in [0, 0.05) is 35.8 Å². The van der Waals surface area contributed by atoms with Crippen molar-refractivity contribution in [3.8, 4) is 10.4 Å². The number of fused-ring (bicyclic) bond motifs is 1. The van der Waals surface area contributed by atoms with Crippen LogP contribution >= 0.6 is 11.3 Å². The second kappa shape index (κ2) is 7.02. The minimum Gasteiger partial charge on any atom is -0.306 e. The Morgan fingerprint density at radius 3 is 2.80 bits per heavy atom. The zero-order valence-electron chi connectivity index (χ0n) is 14.3. The number of carbonyl (C=O) groups excluding carboxylic acids is 1. The maximum absolute atomic E-state index is 12.6. The van der Waals surface area contributed by atoms with E-state index in [0.717, 1.165) is 52.8 Å². The quantitative estimate of drug-likeness (QED) is 0.717. The predicted molar refractivity (Wildman–Crippen MR) is 102 cm³/mol. The number of benzene rings is 1. The van der Waals surface area contributed by atoms with Crippen molar-refractivity contribution in [3.05, 3.63) is 47.9 Å². The molecule has 1 saturated heterocycles. The molecule has 0 unspecified atom stereocenters. The number of nitrogens with zero attached hydrogens (tertiary/aromatic N) is 3. The van der Waals surface area contributed by atoms with Gasteiger partial charge < -0.3 is 4.90 Å². The van der Waals surface area contributed by atoms with Crippen molar-refractivity contribution in [1.82, 2.24) is 14.9 Å². The number of hydrogen-bond acceptors (Lipinski definition) is 5. The van der Waals surface area contributed by atoms with Crippen LogP contribution in [-0.2, 0) is 11.2 Å². The lowest BCUT2D eigenvalue weighted by Crippen LogP contribution is -2.34. The van der Waals surface area contributed by atoms with Crippen LogP contribution in [0.5, 0.6) is 0 Å². The molecular weight excluding hydrogens is 330 g/mol. The Balaban J connectivity index is 1.54. The largest absolute Gasteiger partial charge is 0.306 e. The third-order valence-electron chi connectivity index (χ3n) is 5.02. The molecule has 25 heavy (non-hydrogen) atoms. The van der Waals surface area contributed by atoms with Crippen molar-refractivity contribution in [2.24, 2.45) is 5.92 Å². The topological polar surface area (TPSA) is 46.1 Å². The lowest BCUT2D eigenvalue weighted by molar-refractivity contribution is -0.123. The molecule has 1 aromatic carbocycles. The van der Waals surface area contributed by atoms with Gasteiger partial charge in [0.25, 0.3) is 0 Å². The van der Waals surface area contributed by atoms with Crippen LogP contribution in [0.1, 0.15) is 18.5 Å².